The first kappa shape index (κ1) is 10.8. The SMILES string of the molecule is O=C(O)CSc1nc2c(s1)Cc1ccccc1-2. The third-order valence-electron chi connectivity index (χ3n) is 2.62. The van der Waals surface area contributed by atoms with Crippen LogP contribution in [0.2, 0.25) is 0 Å². The highest BCUT2D eigenvalue weighted by molar-refractivity contribution is 8.01. The molecule has 1 aromatic heterocycles. The Hall–Kier alpha value is -1.33. The van der Waals surface area contributed by atoms with Crippen LogP contribution < -0.4 is 0 Å². The predicted octanol–water partition coefficient (Wildman–Crippen LogP) is 2.89. The lowest BCUT2D eigenvalue weighted by molar-refractivity contribution is -0.133. The van der Waals surface area contributed by atoms with Crippen LogP contribution in [-0.2, 0) is 11.2 Å². The number of carbonyl (C=O) groups is 1. The first-order valence-electron chi connectivity index (χ1n) is 5.16. The molecule has 0 unspecified atom stereocenters. The Bertz CT molecular complexity index is 592. The van der Waals surface area contributed by atoms with Crippen LogP contribution in [0.15, 0.2) is 28.6 Å². The van der Waals surface area contributed by atoms with E-state index in [1.165, 1.54) is 27.8 Å². The van der Waals surface area contributed by atoms with Crippen molar-refractivity contribution in [3.8, 4) is 11.3 Å². The van der Waals surface area contributed by atoms with Gasteiger partial charge in [0.15, 0.2) is 4.34 Å². The molecule has 0 fully saturated rings. The Kier molecular flexibility index (Phi) is 2.64. The van der Waals surface area contributed by atoms with Gasteiger partial charge in [0.2, 0.25) is 0 Å². The number of carboxylic acid groups (broad SMARTS) is 1. The van der Waals surface area contributed by atoms with Crippen LogP contribution in [0.25, 0.3) is 11.3 Å². The quantitative estimate of drug-likeness (QED) is 0.738. The maximum atomic E-state index is 10.5. The van der Waals surface area contributed by atoms with Gasteiger partial charge in [-0.2, -0.15) is 0 Å². The Morgan fingerprint density at radius 1 is 1.47 bits per heavy atom. The molecule has 0 aliphatic heterocycles. The van der Waals surface area contributed by atoms with Crippen molar-refractivity contribution in [2.24, 2.45) is 0 Å². The molecule has 17 heavy (non-hydrogen) atoms. The van der Waals surface area contributed by atoms with Crippen LogP contribution in [0.1, 0.15) is 10.4 Å². The third-order valence-corrected chi connectivity index (χ3v) is 4.80. The zero-order valence-electron chi connectivity index (χ0n) is 8.84. The van der Waals surface area contributed by atoms with Crippen molar-refractivity contribution in [3.63, 3.8) is 0 Å². The minimum Gasteiger partial charge on any atom is -0.481 e. The van der Waals surface area contributed by atoms with E-state index in [2.05, 4.69) is 17.1 Å². The number of thiazole rings is 1. The molecule has 1 aliphatic carbocycles. The van der Waals surface area contributed by atoms with Crippen LogP contribution in [0.5, 0.6) is 0 Å². The predicted molar refractivity (Wildman–Crippen MR) is 68.7 cm³/mol. The van der Waals surface area contributed by atoms with Gasteiger partial charge < -0.3 is 5.11 Å². The highest BCUT2D eigenvalue weighted by atomic mass is 32.2. The van der Waals surface area contributed by atoms with Gasteiger partial charge in [0.25, 0.3) is 0 Å². The van der Waals surface area contributed by atoms with E-state index in [1.54, 1.807) is 11.3 Å². The van der Waals surface area contributed by atoms with Gasteiger partial charge in [-0.1, -0.05) is 36.0 Å². The van der Waals surface area contributed by atoms with Crippen molar-refractivity contribution < 1.29 is 9.90 Å². The van der Waals surface area contributed by atoms with E-state index >= 15 is 0 Å². The Morgan fingerprint density at radius 3 is 3.12 bits per heavy atom. The first-order chi connectivity index (χ1) is 8.24. The molecular weight excluding hydrogens is 254 g/mol. The fraction of sp³-hybridized carbons (Fsp3) is 0.167. The molecule has 3 rings (SSSR count). The second-order valence-corrected chi connectivity index (χ2v) is 6.07. The fourth-order valence-corrected chi connectivity index (χ4v) is 3.87. The monoisotopic (exact) mass is 263 g/mol. The third kappa shape index (κ3) is 1.96. The summed E-state index contributed by atoms with van der Waals surface area (Å²) < 4.78 is 0.854. The molecule has 3 nitrogen and oxygen atoms in total. The second-order valence-electron chi connectivity index (χ2n) is 3.77. The molecule has 0 radical (unpaired) electrons. The molecule has 0 amide bonds. The van der Waals surface area contributed by atoms with Crippen molar-refractivity contribution >= 4 is 29.1 Å². The Morgan fingerprint density at radius 2 is 2.29 bits per heavy atom. The molecular formula is C12H9NO2S2. The van der Waals surface area contributed by atoms with Gasteiger partial charge in [-0.25, -0.2) is 4.98 Å². The molecule has 1 aromatic carbocycles. The van der Waals surface area contributed by atoms with E-state index in [-0.39, 0.29) is 5.75 Å². The number of benzene rings is 1. The summed E-state index contributed by atoms with van der Waals surface area (Å²) in [5, 5.41) is 8.64. The average Bonchev–Trinajstić information content (AvgIpc) is 2.83. The molecule has 5 heteroatoms. The highest BCUT2D eigenvalue weighted by Gasteiger charge is 2.22. The summed E-state index contributed by atoms with van der Waals surface area (Å²) in [5.41, 5.74) is 3.55. The number of hydrogen-bond acceptors (Lipinski definition) is 4. The standard InChI is InChI=1S/C12H9NO2S2/c14-10(15)6-16-12-13-11-8-4-2-1-3-7(8)5-9(11)17-12/h1-4H,5-6H2,(H,14,15). The van der Waals surface area contributed by atoms with Gasteiger partial charge in [-0.05, 0) is 5.56 Å². The van der Waals surface area contributed by atoms with Crippen LogP contribution in [0, 0.1) is 0 Å². The summed E-state index contributed by atoms with van der Waals surface area (Å²) in [4.78, 5) is 16.3. The number of hydrogen-bond donors (Lipinski definition) is 1. The maximum absolute atomic E-state index is 10.5. The van der Waals surface area contributed by atoms with E-state index in [1.807, 2.05) is 12.1 Å². The van der Waals surface area contributed by atoms with Crippen molar-refractivity contribution in [1.82, 2.24) is 4.98 Å². The zero-order chi connectivity index (χ0) is 11.8. The molecule has 2 aromatic rings. The Balaban J connectivity index is 1.90. The molecule has 0 saturated heterocycles. The van der Waals surface area contributed by atoms with Gasteiger partial charge in [0.1, 0.15) is 0 Å². The maximum Gasteiger partial charge on any atom is 0.313 e. The molecule has 0 atom stereocenters. The van der Waals surface area contributed by atoms with E-state index in [4.69, 9.17) is 5.11 Å². The van der Waals surface area contributed by atoms with Gasteiger partial charge in [0.05, 0.1) is 11.4 Å². The smallest absolute Gasteiger partial charge is 0.313 e. The van der Waals surface area contributed by atoms with Crippen LogP contribution in [0.3, 0.4) is 0 Å². The molecule has 0 bridgehead atoms. The molecule has 86 valence electrons. The van der Waals surface area contributed by atoms with Crippen LogP contribution >= 0.6 is 23.1 Å². The fourth-order valence-electron chi connectivity index (χ4n) is 1.92. The van der Waals surface area contributed by atoms with Gasteiger partial charge in [-0.3, -0.25) is 4.79 Å². The second kappa shape index (κ2) is 4.16. The number of rotatable bonds is 3. The van der Waals surface area contributed by atoms with Crippen LogP contribution in [-0.4, -0.2) is 21.8 Å². The molecule has 1 heterocycles. The number of carboxylic acids is 1. The number of aromatic nitrogens is 1. The minimum atomic E-state index is -0.800. The average molecular weight is 263 g/mol. The summed E-state index contributed by atoms with van der Waals surface area (Å²) in [6.07, 6.45) is 0.927. The lowest BCUT2D eigenvalue weighted by Crippen LogP contribution is -1.97. The summed E-state index contributed by atoms with van der Waals surface area (Å²) in [6.45, 7) is 0. The van der Waals surface area contributed by atoms with Crippen molar-refractivity contribution in [1.29, 1.82) is 0 Å². The largest absolute Gasteiger partial charge is 0.481 e. The normalized spacial score (nSPS) is 12.2. The van der Waals surface area contributed by atoms with Crippen molar-refractivity contribution in [2.75, 3.05) is 5.75 Å². The Labute approximate surface area is 107 Å². The highest BCUT2D eigenvalue weighted by Crippen LogP contribution is 2.41. The lowest BCUT2D eigenvalue weighted by Gasteiger charge is -1.97. The topological polar surface area (TPSA) is 50.2 Å². The number of fused-ring (bicyclic) bond motifs is 3. The molecule has 0 saturated carbocycles. The van der Waals surface area contributed by atoms with E-state index in [0.29, 0.717) is 0 Å². The van der Waals surface area contributed by atoms with Gasteiger partial charge in [0, 0.05) is 16.9 Å². The van der Waals surface area contributed by atoms with Gasteiger partial charge in [-0.15, -0.1) is 11.3 Å². The summed E-state index contributed by atoms with van der Waals surface area (Å²) in [7, 11) is 0. The van der Waals surface area contributed by atoms with E-state index in [9.17, 15) is 4.79 Å². The van der Waals surface area contributed by atoms with E-state index in [0.717, 1.165) is 16.5 Å². The number of nitrogens with zero attached hydrogens (tertiary/aromatic N) is 1. The van der Waals surface area contributed by atoms with Crippen molar-refractivity contribution in [2.45, 2.75) is 10.8 Å². The molecule has 0 spiro atoms. The molecule has 1 aliphatic rings. The summed E-state index contributed by atoms with van der Waals surface area (Å²) in [6, 6.07) is 8.24. The van der Waals surface area contributed by atoms with Crippen molar-refractivity contribution in [3.05, 3.63) is 34.7 Å². The first-order valence-corrected chi connectivity index (χ1v) is 6.97. The molecule has 1 N–H and O–H groups in total. The number of thioether (sulfide) groups is 1. The number of aliphatic carboxylic acids is 1. The van der Waals surface area contributed by atoms with Crippen LogP contribution in [0.4, 0.5) is 0 Å². The van der Waals surface area contributed by atoms with E-state index < -0.39 is 5.97 Å². The van der Waals surface area contributed by atoms with Gasteiger partial charge >= 0.3 is 5.97 Å². The lowest BCUT2D eigenvalue weighted by atomic mass is 10.1. The summed E-state index contributed by atoms with van der Waals surface area (Å²) in [5.74, 6) is -0.723. The summed E-state index contributed by atoms with van der Waals surface area (Å²) >= 11 is 2.90. The minimum absolute atomic E-state index is 0.0774. The zero-order valence-corrected chi connectivity index (χ0v) is 10.5.